The second-order valence-corrected chi connectivity index (χ2v) is 14.7. The van der Waals surface area contributed by atoms with Gasteiger partial charge in [0, 0.05) is 66.0 Å². The number of piperazine rings is 1. The molecule has 3 aliphatic heterocycles. The summed E-state index contributed by atoms with van der Waals surface area (Å²) < 4.78 is 42.6. The molecule has 226 valence electrons. The number of carbonyl (C=O) groups excluding carboxylic acids is 1. The molecule has 5 aliphatic rings. The molecule has 2 saturated heterocycles. The van der Waals surface area contributed by atoms with Gasteiger partial charge in [-0.25, -0.2) is 9.97 Å². The zero-order valence-electron chi connectivity index (χ0n) is 23.9. The molecule has 4 fully saturated rings. The second-order valence-electron chi connectivity index (χ2n) is 12.5. The fourth-order valence-electron chi connectivity index (χ4n) is 6.84. The lowest BCUT2D eigenvalue weighted by atomic mass is 10.1. The number of thioether (sulfide) groups is 1. The van der Waals surface area contributed by atoms with Crippen molar-refractivity contribution in [2.45, 2.75) is 73.6 Å². The van der Waals surface area contributed by atoms with Crippen molar-refractivity contribution < 1.29 is 18.0 Å². The Hall–Kier alpha value is -2.83. The van der Waals surface area contributed by atoms with Crippen LogP contribution in [-0.4, -0.2) is 76.2 Å². The lowest BCUT2D eigenvalue weighted by Gasteiger charge is -2.40. The number of thiophene rings is 1. The molecule has 2 atom stereocenters. The summed E-state index contributed by atoms with van der Waals surface area (Å²) >= 11 is 2.63. The first-order chi connectivity index (χ1) is 20.7. The Kier molecular flexibility index (Phi) is 6.68. The molecule has 2 saturated carbocycles. The first-order valence-corrected chi connectivity index (χ1v) is 16.9. The third-order valence-electron chi connectivity index (χ3n) is 9.57. The normalized spacial score (nSPS) is 24.3. The van der Waals surface area contributed by atoms with E-state index in [1.807, 2.05) is 11.0 Å². The SMILES string of the molecule is CN1C2CCC1CN(c1ccc(Nc3ncc(C(F)(F)F)c(-c4cc5c(s4)C(=O)N(C4CC4)CCS5)n3)c(C3CC3)c1)C2. The number of fused-ring (bicyclic) bond motifs is 3. The molecule has 43 heavy (non-hydrogen) atoms. The average molecular weight is 627 g/mol. The van der Waals surface area contributed by atoms with Crippen molar-refractivity contribution in [3.05, 3.63) is 46.5 Å². The van der Waals surface area contributed by atoms with Gasteiger partial charge in [-0.2, -0.15) is 13.2 Å². The third-order valence-corrected chi connectivity index (χ3v) is 11.8. The number of likely N-dealkylation sites (N-methyl/N-ethyl adjacent to an activating group) is 1. The molecule has 1 aromatic carbocycles. The minimum Gasteiger partial charge on any atom is -0.368 e. The molecular formula is C31H33F3N6OS2. The number of carbonyl (C=O) groups is 1. The highest BCUT2D eigenvalue weighted by Gasteiger charge is 2.40. The molecule has 3 aromatic rings. The Labute approximate surface area is 256 Å². The van der Waals surface area contributed by atoms with Gasteiger partial charge in [0.2, 0.25) is 5.95 Å². The van der Waals surface area contributed by atoms with Crippen LogP contribution in [0.3, 0.4) is 0 Å². The molecule has 12 heteroatoms. The van der Waals surface area contributed by atoms with Crippen molar-refractivity contribution >= 4 is 46.3 Å². The van der Waals surface area contributed by atoms with Crippen molar-refractivity contribution in [3.8, 4) is 10.6 Å². The highest BCUT2D eigenvalue weighted by atomic mass is 32.2. The fourth-order valence-corrected chi connectivity index (χ4v) is 9.16. The van der Waals surface area contributed by atoms with Crippen molar-refractivity contribution in [3.63, 3.8) is 0 Å². The molecule has 0 spiro atoms. The zero-order valence-corrected chi connectivity index (χ0v) is 25.5. The molecule has 2 unspecified atom stereocenters. The van der Waals surface area contributed by atoms with E-state index in [0.29, 0.717) is 34.3 Å². The van der Waals surface area contributed by atoms with Gasteiger partial charge in [0.15, 0.2) is 0 Å². The number of anilines is 3. The Morgan fingerprint density at radius 1 is 1.00 bits per heavy atom. The number of amides is 1. The number of hydrogen-bond donors (Lipinski definition) is 1. The Morgan fingerprint density at radius 2 is 1.74 bits per heavy atom. The molecule has 2 aliphatic carbocycles. The van der Waals surface area contributed by atoms with Gasteiger partial charge in [-0.15, -0.1) is 23.1 Å². The van der Waals surface area contributed by atoms with Crippen LogP contribution in [0.5, 0.6) is 0 Å². The summed E-state index contributed by atoms with van der Waals surface area (Å²) in [5.41, 5.74) is 2.12. The summed E-state index contributed by atoms with van der Waals surface area (Å²) in [5.74, 6) is 1.19. The number of nitrogens with one attached hydrogen (secondary N) is 1. The van der Waals surface area contributed by atoms with Crippen LogP contribution in [0.4, 0.5) is 30.5 Å². The first kappa shape index (κ1) is 27.7. The number of benzene rings is 1. The van der Waals surface area contributed by atoms with Gasteiger partial charge >= 0.3 is 6.18 Å². The van der Waals surface area contributed by atoms with E-state index in [2.05, 4.69) is 44.3 Å². The van der Waals surface area contributed by atoms with Gasteiger partial charge in [0.1, 0.15) is 10.4 Å². The predicted octanol–water partition coefficient (Wildman–Crippen LogP) is 6.84. The summed E-state index contributed by atoms with van der Waals surface area (Å²) in [7, 11) is 2.23. The van der Waals surface area contributed by atoms with E-state index in [0.717, 1.165) is 72.6 Å². The van der Waals surface area contributed by atoms with Crippen molar-refractivity contribution in [2.75, 3.05) is 42.7 Å². The van der Waals surface area contributed by atoms with E-state index in [-0.39, 0.29) is 23.6 Å². The number of hydrogen-bond acceptors (Lipinski definition) is 8. The largest absolute Gasteiger partial charge is 0.420 e. The summed E-state index contributed by atoms with van der Waals surface area (Å²) in [6.45, 7) is 2.69. The van der Waals surface area contributed by atoms with Gasteiger partial charge < -0.3 is 15.1 Å². The highest BCUT2D eigenvalue weighted by Crippen LogP contribution is 2.47. The highest BCUT2D eigenvalue weighted by molar-refractivity contribution is 7.99. The number of rotatable bonds is 6. The summed E-state index contributed by atoms with van der Waals surface area (Å²) in [6.07, 6.45) is 2.87. The number of alkyl halides is 3. The van der Waals surface area contributed by atoms with Crippen LogP contribution in [0, 0.1) is 0 Å². The molecule has 5 heterocycles. The average Bonchev–Trinajstić information content (AvgIpc) is 3.91. The first-order valence-electron chi connectivity index (χ1n) is 15.1. The van der Waals surface area contributed by atoms with E-state index >= 15 is 0 Å². The molecule has 7 nitrogen and oxygen atoms in total. The number of nitrogens with zero attached hydrogens (tertiary/aromatic N) is 5. The Bertz CT molecular complexity index is 1570. The quantitative estimate of drug-likeness (QED) is 0.322. The minimum absolute atomic E-state index is 0.0813. The van der Waals surface area contributed by atoms with Crippen molar-refractivity contribution in [1.29, 1.82) is 0 Å². The molecule has 8 rings (SSSR count). The molecule has 2 bridgehead atoms. The Morgan fingerprint density at radius 3 is 2.44 bits per heavy atom. The maximum absolute atomic E-state index is 14.2. The standard InChI is InChI=1S/C31H33F3N6OS2/c1-38-20-6-7-21(38)16-39(15-20)19-8-9-24(22(12-19)17-2-3-17)36-30-35-14-23(31(32,33)34)27(37-30)25-13-26-28(43-25)29(41)40(10-11-42-26)18-4-5-18/h8-9,12-14,17-18,20-21H,2-7,10-11,15-16H2,1H3,(H,35,36,37). The van der Waals surface area contributed by atoms with E-state index < -0.39 is 11.7 Å². The van der Waals surface area contributed by atoms with Gasteiger partial charge in [0.25, 0.3) is 5.91 Å². The zero-order chi connectivity index (χ0) is 29.5. The summed E-state index contributed by atoms with van der Waals surface area (Å²) in [6, 6.07) is 9.50. The van der Waals surface area contributed by atoms with Crippen LogP contribution in [0.2, 0.25) is 0 Å². The second kappa shape index (κ2) is 10.4. The molecule has 1 amide bonds. The molecule has 2 aromatic heterocycles. The Balaban J connectivity index is 1.11. The van der Waals surface area contributed by atoms with Crippen LogP contribution in [0.25, 0.3) is 10.6 Å². The van der Waals surface area contributed by atoms with Crippen molar-refractivity contribution in [2.24, 2.45) is 0 Å². The third kappa shape index (κ3) is 5.18. The van der Waals surface area contributed by atoms with Gasteiger partial charge in [0.05, 0.1) is 10.6 Å². The van der Waals surface area contributed by atoms with Crippen LogP contribution in [0.15, 0.2) is 35.4 Å². The van der Waals surface area contributed by atoms with E-state index in [9.17, 15) is 18.0 Å². The molecular weight excluding hydrogens is 594 g/mol. The van der Waals surface area contributed by atoms with Crippen molar-refractivity contribution in [1.82, 2.24) is 19.8 Å². The smallest absolute Gasteiger partial charge is 0.368 e. The lowest BCUT2D eigenvalue weighted by molar-refractivity contribution is -0.137. The number of halogens is 3. The topological polar surface area (TPSA) is 64.6 Å². The van der Waals surface area contributed by atoms with Gasteiger partial charge in [-0.05, 0) is 81.3 Å². The van der Waals surface area contributed by atoms with Crippen LogP contribution in [-0.2, 0) is 6.18 Å². The van der Waals surface area contributed by atoms with E-state index in [4.69, 9.17) is 0 Å². The fraction of sp³-hybridized carbons (Fsp3) is 0.516. The van der Waals surface area contributed by atoms with E-state index in [1.165, 1.54) is 35.9 Å². The lowest BCUT2D eigenvalue weighted by Crippen LogP contribution is -2.52. The number of aromatic nitrogens is 2. The summed E-state index contributed by atoms with van der Waals surface area (Å²) in [5, 5.41) is 3.27. The summed E-state index contributed by atoms with van der Waals surface area (Å²) in [4.78, 5) is 30.3. The monoisotopic (exact) mass is 626 g/mol. The predicted molar refractivity (Wildman–Crippen MR) is 164 cm³/mol. The molecule has 1 N–H and O–H groups in total. The van der Waals surface area contributed by atoms with Gasteiger partial charge in [-0.1, -0.05) is 0 Å². The van der Waals surface area contributed by atoms with Crippen LogP contribution < -0.4 is 10.2 Å². The van der Waals surface area contributed by atoms with Crippen LogP contribution in [0.1, 0.15) is 65.2 Å². The van der Waals surface area contributed by atoms with Crippen LogP contribution >= 0.6 is 23.1 Å². The molecule has 0 radical (unpaired) electrons. The maximum Gasteiger partial charge on any atom is 0.420 e. The van der Waals surface area contributed by atoms with Gasteiger partial charge in [-0.3, -0.25) is 9.69 Å². The maximum atomic E-state index is 14.2. The van der Waals surface area contributed by atoms with E-state index in [1.54, 1.807) is 6.07 Å². The minimum atomic E-state index is -4.63.